The first kappa shape index (κ1) is 22.5. The van der Waals surface area contributed by atoms with E-state index in [1.165, 1.54) is 9.88 Å². The minimum Gasteiger partial charge on any atom is -0.363 e. The Morgan fingerprint density at radius 2 is 1.89 bits per heavy atom. The van der Waals surface area contributed by atoms with Crippen LogP contribution in [-0.2, 0) is 5.41 Å². The van der Waals surface area contributed by atoms with Crippen molar-refractivity contribution >= 4 is 57.6 Å². The molecule has 0 atom stereocenters. The highest BCUT2D eigenvalue weighted by Crippen LogP contribution is 2.28. The van der Waals surface area contributed by atoms with Gasteiger partial charge in [-0.25, -0.2) is 0 Å². The summed E-state index contributed by atoms with van der Waals surface area (Å²) in [5, 5.41) is 12.8. The molecule has 1 fully saturated rings. The van der Waals surface area contributed by atoms with Crippen LogP contribution in [-0.4, -0.2) is 38.2 Å². The van der Waals surface area contributed by atoms with Crippen LogP contribution in [0.1, 0.15) is 38.5 Å². The molecule has 0 aromatic carbocycles. The maximum Gasteiger partial charge on any atom is 0.191 e. The van der Waals surface area contributed by atoms with Crippen molar-refractivity contribution in [1.82, 2.24) is 10.6 Å². The Balaban J connectivity index is 0.00000261. The zero-order valence-electron chi connectivity index (χ0n) is 16.4. The predicted molar refractivity (Wildman–Crippen MR) is 131 cm³/mol. The maximum atomic E-state index is 4.89. The topological polar surface area (TPSA) is 39.7 Å². The molecule has 0 saturated carbocycles. The van der Waals surface area contributed by atoms with E-state index < -0.39 is 0 Å². The van der Waals surface area contributed by atoms with Crippen LogP contribution in [0.5, 0.6) is 0 Å². The SMILES string of the molecule is CCNC(=NCC(C)(C)c1cccs1)NC1CCN(c2cccs2)CC1.I. The lowest BCUT2D eigenvalue weighted by molar-refractivity contribution is 0.461. The minimum atomic E-state index is 0. The monoisotopic (exact) mass is 518 g/mol. The van der Waals surface area contributed by atoms with Crippen LogP contribution in [0.4, 0.5) is 5.00 Å². The van der Waals surface area contributed by atoms with Crippen LogP contribution < -0.4 is 15.5 Å². The van der Waals surface area contributed by atoms with E-state index >= 15 is 0 Å². The van der Waals surface area contributed by atoms with Crippen molar-refractivity contribution in [3.8, 4) is 0 Å². The average Bonchev–Trinajstić information content (AvgIpc) is 3.34. The van der Waals surface area contributed by atoms with Gasteiger partial charge in [-0.1, -0.05) is 19.9 Å². The van der Waals surface area contributed by atoms with Gasteiger partial charge in [-0.05, 0) is 48.7 Å². The summed E-state index contributed by atoms with van der Waals surface area (Å²) in [5.41, 5.74) is 0.0685. The van der Waals surface area contributed by atoms with Crippen molar-refractivity contribution in [3.05, 3.63) is 39.9 Å². The second-order valence-corrected chi connectivity index (χ2v) is 9.29. The predicted octanol–water partition coefficient (Wildman–Crippen LogP) is 4.93. The zero-order valence-corrected chi connectivity index (χ0v) is 20.4. The van der Waals surface area contributed by atoms with Gasteiger partial charge in [0.15, 0.2) is 5.96 Å². The number of rotatable bonds is 6. The lowest BCUT2D eigenvalue weighted by Crippen LogP contribution is -2.49. The minimum absolute atomic E-state index is 0. The van der Waals surface area contributed by atoms with E-state index in [0.717, 1.165) is 45.0 Å². The van der Waals surface area contributed by atoms with E-state index in [2.05, 4.69) is 71.3 Å². The molecule has 27 heavy (non-hydrogen) atoms. The molecule has 2 aromatic heterocycles. The van der Waals surface area contributed by atoms with Gasteiger partial charge in [0.05, 0.1) is 11.5 Å². The normalized spacial score (nSPS) is 16.1. The fraction of sp³-hybridized carbons (Fsp3) is 0.550. The third-order valence-corrected chi connectivity index (χ3v) is 6.98. The lowest BCUT2D eigenvalue weighted by Gasteiger charge is -2.33. The van der Waals surface area contributed by atoms with Gasteiger partial charge in [-0.3, -0.25) is 4.99 Å². The molecule has 2 aromatic rings. The van der Waals surface area contributed by atoms with Gasteiger partial charge in [-0.15, -0.1) is 46.7 Å². The first-order chi connectivity index (χ1) is 12.6. The molecule has 150 valence electrons. The van der Waals surface area contributed by atoms with Crippen LogP contribution in [0, 0.1) is 0 Å². The van der Waals surface area contributed by atoms with Gasteiger partial charge in [0.25, 0.3) is 0 Å². The van der Waals surface area contributed by atoms with E-state index in [9.17, 15) is 0 Å². The fourth-order valence-electron chi connectivity index (χ4n) is 3.23. The smallest absolute Gasteiger partial charge is 0.191 e. The molecule has 0 unspecified atom stereocenters. The molecule has 1 saturated heterocycles. The summed E-state index contributed by atoms with van der Waals surface area (Å²) >= 11 is 3.65. The molecular formula is C20H31IN4S2. The van der Waals surface area contributed by atoms with E-state index in [4.69, 9.17) is 4.99 Å². The van der Waals surface area contributed by atoms with Crippen molar-refractivity contribution in [2.75, 3.05) is 31.1 Å². The van der Waals surface area contributed by atoms with E-state index in [0.29, 0.717) is 6.04 Å². The number of aliphatic imine (C=N–C) groups is 1. The van der Waals surface area contributed by atoms with Crippen LogP contribution >= 0.6 is 46.7 Å². The Labute approximate surface area is 188 Å². The van der Waals surface area contributed by atoms with Gasteiger partial charge in [-0.2, -0.15) is 0 Å². The number of halogens is 1. The maximum absolute atomic E-state index is 4.89. The highest BCUT2D eigenvalue weighted by Gasteiger charge is 2.23. The Bertz CT molecular complexity index is 675. The van der Waals surface area contributed by atoms with E-state index in [1.54, 1.807) is 0 Å². The Hall–Kier alpha value is -0.800. The summed E-state index contributed by atoms with van der Waals surface area (Å²) in [6, 6.07) is 9.18. The number of guanidine groups is 1. The number of hydrogen-bond acceptors (Lipinski definition) is 4. The second-order valence-electron chi connectivity index (χ2n) is 7.41. The molecule has 3 heterocycles. The first-order valence-electron chi connectivity index (χ1n) is 9.46. The van der Waals surface area contributed by atoms with Gasteiger partial charge in [0, 0.05) is 36.0 Å². The average molecular weight is 519 g/mol. The molecule has 0 bridgehead atoms. The lowest BCUT2D eigenvalue weighted by atomic mass is 9.92. The Morgan fingerprint density at radius 1 is 1.19 bits per heavy atom. The summed E-state index contributed by atoms with van der Waals surface area (Å²) < 4.78 is 0. The largest absolute Gasteiger partial charge is 0.363 e. The zero-order chi connectivity index (χ0) is 18.4. The Morgan fingerprint density at radius 3 is 2.48 bits per heavy atom. The van der Waals surface area contributed by atoms with Gasteiger partial charge < -0.3 is 15.5 Å². The van der Waals surface area contributed by atoms with Crippen LogP contribution in [0.3, 0.4) is 0 Å². The van der Waals surface area contributed by atoms with Crippen LogP contribution in [0.25, 0.3) is 0 Å². The first-order valence-corrected chi connectivity index (χ1v) is 11.2. The molecular weight excluding hydrogens is 487 g/mol. The molecule has 0 amide bonds. The molecule has 0 aliphatic carbocycles. The molecule has 4 nitrogen and oxygen atoms in total. The summed E-state index contributed by atoms with van der Waals surface area (Å²) in [4.78, 5) is 8.78. The summed E-state index contributed by atoms with van der Waals surface area (Å²) in [5.74, 6) is 0.951. The van der Waals surface area contributed by atoms with Crippen molar-refractivity contribution < 1.29 is 0 Å². The third kappa shape index (κ3) is 6.35. The number of nitrogens with one attached hydrogen (secondary N) is 2. The van der Waals surface area contributed by atoms with Crippen molar-refractivity contribution in [3.63, 3.8) is 0 Å². The molecule has 0 spiro atoms. The van der Waals surface area contributed by atoms with Gasteiger partial charge in [0.2, 0.25) is 0 Å². The fourth-order valence-corrected chi connectivity index (χ4v) is 4.86. The molecule has 1 aliphatic rings. The second kappa shape index (κ2) is 10.7. The number of anilines is 1. The standard InChI is InChI=1S/C20H30N4S2.HI/c1-4-21-19(22-15-20(2,3)17-7-5-13-25-17)23-16-9-11-24(12-10-16)18-8-6-14-26-18;/h5-8,13-14,16H,4,9-12,15H2,1-3H3,(H2,21,22,23);1H. The number of nitrogens with zero attached hydrogens (tertiary/aromatic N) is 2. The van der Waals surface area contributed by atoms with Crippen LogP contribution in [0.2, 0.25) is 0 Å². The van der Waals surface area contributed by atoms with Gasteiger partial charge in [0.1, 0.15) is 0 Å². The van der Waals surface area contributed by atoms with Gasteiger partial charge >= 0.3 is 0 Å². The summed E-state index contributed by atoms with van der Waals surface area (Å²) in [7, 11) is 0. The van der Waals surface area contributed by atoms with E-state index in [-0.39, 0.29) is 29.4 Å². The number of piperidine rings is 1. The molecule has 3 rings (SSSR count). The summed E-state index contributed by atoms with van der Waals surface area (Å²) in [6.45, 7) is 10.6. The Kier molecular flexibility index (Phi) is 8.88. The molecule has 2 N–H and O–H groups in total. The summed E-state index contributed by atoms with van der Waals surface area (Å²) in [6.07, 6.45) is 2.30. The van der Waals surface area contributed by atoms with E-state index in [1.807, 2.05) is 22.7 Å². The van der Waals surface area contributed by atoms with Crippen molar-refractivity contribution in [2.45, 2.75) is 45.1 Å². The van der Waals surface area contributed by atoms with Crippen LogP contribution in [0.15, 0.2) is 40.0 Å². The van der Waals surface area contributed by atoms with Crippen molar-refractivity contribution in [2.24, 2.45) is 4.99 Å². The number of hydrogen-bond donors (Lipinski definition) is 2. The molecule has 0 radical (unpaired) electrons. The molecule has 7 heteroatoms. The third-order valence-electron chi connectivity index (χ3n) is 4.82. The van der Waals surface area contributed by atoms with Crippen molar-refractivity contribution in [1.29, 1.82) is 0 Å². The highest BCUT2D eigenvalue weighted by molar-refractivity contribution is 14.0. The highest BCUT2D eigenvalue weighted by atomic mass is 127. The number of thiophene rings is 2. The quantitative estimate of drug-likeness (QED) is 0.324. The molecule has 1 aliphatic heterocycles.